The Labute approximate surface area is 275 Å². The first-order chi connectivity index (χ1) is 22.5. The number of hydrogen-bond acceptors (Lipinski definition) is 6. The van der Waals surface area contributed by atoms with Crippen LogP contribution in [-0.4, -0.2) is 22.4 Å². The van der Waals surface area contributed by atoms with Crippen molar-refractivity contribution in [3.8, 4) is 0 Å². The van der Waals surface area contributed by atoms with E-state index >= 15 is 0 Å². The molecule has 0 radical (unpaired) electrons. The summed E-state index contributed by atoms with van der Waals surface area (Å²) in [4.78, 5) is 29.4. The van der Waals surface area contributed by atoms with Crippen LogP contribution in [0.4, 0.5) is 0 Å². The molecule has 1 saturated heterocycles. The van der Waals surface area contributed by atoms with Crippen molar-refractivity contribution < 1.29 is 14.5 Å². The molecule has 3 aliphatic heterocycles. The topological polar surface area (TPSA) is 63.5 Å². The van der Waals surface area contributed by atoms with Gasteiger partial charge in [-0.15, -0.1) is 0 Å². The monoisotopic (exact) mass is 641 g/mol. The molecule has 8 heteroatoms. The van der Waals surface area contributed by atoms with Gasteiger partial charge in [0.1, 0.15) is 5.71 Å². The molecule has 1 fully saturated rings. The summed E-state index contributed by atoms with van der Waals surface area (Å²) in [7, 11) is 0. The largest absolute Gasteiger partial charge is 0.355 e. The van der Waals surface area contributed by atoms with E-state index < -0.39 is 23.2 Å². The molecule has 224 valence electrons. The smallest absolute Gasteiger partial charge is 0.354 e. The molecule has 0 amide bonds. The van der Waals surface area contributed by atoms with Crippen molar-refractivity contribution >= 4 is 46.8 Å². The van der Waals surface area contributed by atoms with Crippen LogP contribution < -0.4 is 0 Å². The van der Waals surface area contributed by atoms with Gasteiger partial charge in [0.05, 0.1) is 6.04 Å². The van der Waals surface area contributed by atoms with Crippen LogP contribution in [0.5, 0.6) is 0 Å². The second kappa shape index (κ2) is 11.0. The SMILES string of the molecule is O=C1ON=C(c2ccccc2)[C@]12/C(=C\c1ccc(Cl)cc1)[C@]1(c3ccccc3)ON=C(c3ccccc3)N1[C@@H]2c1ccc(Cl)cc1. The van der Waals surface area contributed by atoms with Crippen LogP contribution in [0, 0.1) is 5.41 Å². The van der Waals surface area contributed by atoms with Gasteiger partial charge in [0, 0.05) is 32.3 Å². The van der Waals surface area contributed by atoms with Crippen molar-refractivity contribution in [2.45, 2.75) is 11.8 Å². The van der Waals surface area contributed by atoms with Crippen LogP contribution in [0.2, 0.25) is 10.0 Å². The minimum absolute atomic E-state index is 0.471. The molecular weight excluding hydrogens is 617 g/mol. The minimum Gasteiger partial charge on any atom is -0.355 e. The van der Waals surface area contributed by atoms with Crippen molar-refractivity contribution in [3.63, 3.8) is 0 Å². The number of carbonyl (C=O) groups is 1. The van der Waals surface area contributed by atoms with Gasteiger partial charge in [0.25, 0.3) is 5.72 Å². The first-order valence-corrected chi connectivity index (χ1v) is 15.5. The Bertz CT molecular complexity index is 2030. The predicted molar refractivity (Wildman–Crippen MR) is 179 cm³/mol. The highest BCUT2D eigenvalue weighted by molar-refractivity contribution is 6.31. The van der Waals surface area contributed by atoms with E-state index in [1.54, 1.807) is 0 Å². The number of rotatable bonds is 5. The molecule has 3 aliphatic rings. The van der Waals surface area contributed by atoms with Gasteiger partial charge >= 0.3 is 5.97 Å². The second-order valence-electron chi connectivity index (χ2n) is 11.3. The number of carbonyl (C=O) groups excluding carboxylic acids is 1. The van der Waals surface area contributed by atoms with Gasteiger partial charge in [-0.3, -0.25) is 4.90 Å². The van der Waals surface area contributed by atoms with Gasteiger partial charge in [-0.05, 0) is 41.5 Å². The van der Waals surface area contributed by atoms with Gasteiger partial charge < -0.3 is 9.68 Å². The van der Waals surface area contributed by atoms with E-state index in [0.717, 1.165) is 27.8 Å². The Hall–Kier alpha value is -5.17. The van der Waals surface area contributed by atoms with E-state index in [2.05, 4.69) is 10.1 Å². The van der Waals surface area contributed by atoms with Gasteiger partial charge in [0.2, 0.25) is 0 Å². The lowest BCUT2D eigenvalue weighted by Gasteiger charge is -2.35. The molecule has 0 aliphatic carbocycles. The van der Waals surface area contributed by atoms with E-state index in [1.165, 1.54) is 0 Å². The summed E-state index contributed by atoms with van der Waals surface area (Å²) in [5.41, 5.74) is 2.19. The summed E-state index contributed by atoms with van der Waals surface area (Å²) in [6.45, 7) is 0. The second-order valence-corrected chi connectivity index (χ2v) is 12.2. The third-order valence-corrected chi connectivity index (χ3v) is 9.32. The Morgan fingerprint density at radius 3 is 1.87 bits per heavy atom. The maximum Gasteiger partial charge on any atom is 0.354 e. The summed E-state index contributed by atoms with van der Waals surface area (Å²) < 4.78 is 0. The predicted octanol–water partition coefficient (Wildman–Crippen LogP) is 8.63. The number of amidine groups is 1. The zero-order chi connectivity index (χ0) is 31.3. The fraction of sp³-hybridized carbons (Fsp3) is 0.0789. The van der Waals surface area contributed by atoms with Crippen LogP contribution in [-0.2, 0) is 20.2 Å². The highest BCUT2D eigenvalue weighted by Crippen LogP contribution is 2.67. The van der Waals surface area contributed by atoms with E-state index in [9.17, 15) is 4.79 Å². The third kappa shape index (κ3) is 4.14. The summed E-state index contributed by atoms with van der Waals surface area (Å²) in [6.07, 6.45) is 1.99. The summed E-state index contributed by atoms with van der Waals surface area (Å²) in [6, 6.07) is 43.6. The lowest BCUT2D eigenvalue weighted by atomic mass is 9.66. The normalized spacial score (nSPS) is 24.0. The number of fused-ring (bicyclic) bond motifs is 1. The highest BCUT2D eigenvalue weighted by atomic mass is 35.5. The minimum atomic E-state index is -1.49. The molecule has 1 spiro atoms. The fourth-order valence-corrected chi connectivity index (χ4v) is 7.14. The lowest BCUT2D eigenvalue weighted by Crippen LogP contribution is -2.45. The standard InChI is InChI=1S/C38H25Cl2N3O3/c39-30-20-16-25(17-21-30)24-32-37(33(41-45-36(37)44)26-10-4-1-5-11-26)34(27-18-22-31(40)23-19-27)43-35(28-12-6-2-7-13-28)42-46-38(32,43)29-14-8-3-9-15-29/h1-24,34H/b32-24+/t34-,37+,38+/m1/s1. The van der Waals surface area contributed by atoms with Crippen LogP contribution in [0.1, 0.15) is 33.9 Å². The average molecular weight is 643 g/mol. The molecule has 6 nitrogen and oxygen atoms in total. The van der Waals surface area contributed by atoms with Gasteiger partial charge in [0.15, 0.2) is 11.3 Å². The molecule has 5 aromatic carbocycles. The molecule has 46 heavy (non-hydrogen) atoms. The maximum atomic E-state index is 14.8. The van der Waals surface area contributed by atoms with Crippen LogP contribution >= 0.6 is 23.2 Å². The summed E-state index contributed by atoms with van der Waals surface area (Å²) >= 11 is 12.7. The molecule has 8 rings (SSSR count). The van der Waals surface area contributed by atoms with E-state index in [4.69, 9.17) is 38.0 Å². The van der Waals surface area contributed by atoms with Crippen molar-refractivity contribution in [2.24, 2.45) is 15.7 Å². The number of halogens is 2. The number of benzene rings is 5. The first-order valence-electron chi connectivity index (χ1n) is 14.8. The molecule has 0 aromatic heterocycles. The first kappa shape index (κ1) is 28.3. The summed E-state index contributed by atoms with van der Waals surface area (Å²) in [5, 5.41) is 10.5. The van der Waals surface area contributed by atoms with Crippen molar-refractivity contribution in [3.05, 3.63) is 183 Å². The maximum absolute atomic E-state index is 14.8. The van der Waals surface area contributed by atoms with Crippen molar-refractivity contribution in [1.29, 1.82) is 0 Å². The molecule has 0 saturated carbocycles. The van der Waals surface area contributed by atoms with Crippen LogP contribution in [0.15, 0.2) is 155 Å². The van der Waals surface area contributed by atoms with Crippen LogP contribution in [0.3, 0.4) is 0 Å². The Kier molecular flexibility index (Phi) is 6.78. The number of oxime groups is 2. The third-order valence-electron chi connectivity index (χ3n) is 8.82. The fourth-order valence-electron chi connectivity index (χ4n) is 6.89. The molecule has 3 heterocycles. The molecule has 0 N–H and O–H groups in total. The van der Waals surface area contributed by atoms with Gasteiger partial charge in [-0.25, -0.2) is 4.79 Å². The zero-order valence-electron chi connectivity index (χ0n) is 24.3. The Morgan fingerprint density at radius 1 is 0.674 bits per heavy atom. The van der Waals surface area contributed by atoms with Gasteiger partial charge in [-0.1, -0.05) is 149 Å². The highest BCUT2D eigenvalue weighted by Gasteiger charge is 2.76. The number of nitrogens with zero attached hydrogens (tertiary/aromatic N) is 3. The molecular formula is C38H25Cl2N3O3. The Morgan fingerprint density at radius 2 is 1.24 bits per heavy atom. The lowest BCUT2D eigenvalue weighted by molar-refractivity contribution is -0.147. The van der Waals surface area contributed by atoms with E-state index in [-0.39, 0.29) is 0 Å². The van der Waals surface area contributed by atoms with Crippen molar-refractivity contribution in [1.82, 2.24) is 4.90 Å². The van der Waals surface area contributed by atoms with E-state index in [1.807, 2.05) is 146 Å². The quantitative estimate of drug-likeness (QED) is 0.180. The number of hydrogen-bond donors (Lipinski definition) is 0. The van der Waals surface area contributed by atoms with E-state index in [0.29, 0.717) is 27.2 Å². The zero-order valence-corrected chi connectivity index (χ0v) is 25.8. The van der Waals surface area contributed by atoms with Crippen molar-refractivity contribution in [2.75, 3.05) is 0 Å². The Balaban J connectivity index is 1.52. The molecule has 3 atom stereocenters. The van der Waals surface area contributed by atoms with Crippen LogP contribution in [0.25, 0.3) is 6.08 Å². The van der Waals surface area contributed by atoms with Gasteiger partial charge in [-0.2, -0.15) is 0 Å². The molecule has 0 bridgehead atoms. The summed E-state index contributed by atoms with van der Waals surface area (Å²) in [5.74, 6) is 0.0441. The average Bonchev–Trinajstić information content (AvgIpc) is 3.73. The molecule has 0 unspecified atom stereocenters. The molecule has 5 aromatic rings.